The molecule has 1 aromatic rings. The first-order valence-corrected chi connectivity index (χ1v) is 11.0. The Morgan fingerprint density at radius 2 is 1.79 bits per heavy atom. The van der Waals surface area contributed by atoms with Gasteiger partial charge in [0, 0.05) is 16.5 Å². The van der Waals surface area contributed by atoms with Gasteiger partial charge in [0.1, 0.15) is 11.5 Å². The minimum atomic E-state index is -0.449. The summed E-state index contributed by atoms with van der Waals surface area (Å²) in [5.74, 6) is 1.28. The fourth-order valence-electron chi connectivity index (χ4n) is 5.82. The zero-order valence-electron chi connectivity index (χ0n) is 16.6. The largest absolute Gasteiger partial charge is 0.495 e. The van der Waals surface area contributed by atoms with Crippen LogP contribution in [0.15, 0.2) is 12.1 Å². The van der Waals surface area contributed by atoms with Crippen molar-refractivity contribution in [3.63, 3.8) is 0 Å². The van der Waals surface area contributed by atoms with Crippen LogP contribution in [-0.4, -0.2) is 37.0 Å². The minimum Gasteiger partial charge on any atom is -0.495 e. The van der Waals surface area contributed by atoms with Crippen LogP contribution >= 0.6 is 27.5 Å². The van der Waals surface area contributed by atoms with Crippen LogP contribution in [0.25, 0.3) is 0 Å². The third-order valence-corrected chi connectivity index (χ3v) is 7.73. The van der Waals surface area contributed by atoms with Crippen molar-refractivity contribution in [1.82, 2.24) is 0 Å². The average molecular weight is 487 g/mol. The van der Waals surface area contributed by atoms with Crippen molar-refractivity contribution in [3.8, 4) is 11.5 Å². The van der Waals surface area contributed by atoms with E-state index in [9.17, 15) is 9.59 Å². The van der Waals surface area contributed by atoms with E-state index in [1.54, 1.807) is 12.1 Å². The molecule has 2 unspecified atom stereocenters. The molecule has 4 aliphatic rings. The maximum atomic E-state index is 13.0. The van der Waals surface area contributed by atoms with Gasteiger partial charge in [0.05, 0.1) is 30.3 Å². The van der Waals surface area contributed by atoms with Gasteiger partial charge in [-0.25, -0.2) is 0 Å². The molecule has 4 fully saturated rings. The van der Waals surface area contributed by atoms with Crippen LogP contribution < -0.4 is 14.8 Å². The minimum absolute atomic E-state index is 0.0611. The van der Waals surface area contributed by atoms with Crippen LogP contribution in [0.2, 0.25) is 5.02 Å². The second kappa shape index (κ2) is 7.65. The van der Waals surface area contributed by atoms with E-state index in [0.29, 0.717) is 34.0 Å². The van der Waals surface area contributed by atoms with Gasteiger partial charge in [-0.1, -0.05) is 27.5 Å². The number of carbonyl (C=O) groups excluding carboxylic acids is 2. The van der Waals surface area contributed by atoms with Crippen molar-refractivity contribution in [3.05, 3.63) is 17.2 Å². The number of esters is 1. The predicted octanol–water partition coefficient (Wildman–Crippen LogP) is 4.57. The molecule has 4 saturated carbocycles. The van der Waals surface area contributed by atoms with Crippen molar-refractivity contribution in [2.45, 2.75) is 42.8 Å². The summed E-state index contributed by atoms with van der Waals surface area (Å²) >= 11 is 9.99. The fourth-order valence-corrected chi connectivity index (χ4v) is 7.50. The Kier molecular flexibility index (Phi) is 5.49. The van der Waals surface area contributed by atoms with Gasteiger partial charge in [0.25, 0.3) is 5.91 Å². The lowest BCUT2D eigenvalue weighted by atomic mass is 9.49. The lowest BCUT2D eigenvalue weighted by Gasteiger charge is -2.58. The van der Waals surface area contributed by atoms with Crippen LogP contribution in [0.1, 0.15) is 38.5 Å². The molecular weight excluding hydrogens is 462 g/mol. The van der Waals surface area contributed by atoms with E-state index in [2.05, 4.69) is 21.2 Å². The molecule has 4 aliphatic carbocycles. The number of amides is 1. The standard InChI is InChI=1S/C21H25BrClNO5/c1-27-16-5-15(17(28-2)4-14(16)23)24-18(25)10-29-19(26)20-6-12-3-13(7-20)9-21(22,8-12)11-20/h4-5,12-13H,3,6-11H2,1-2H3,(H,24,25). The number of alkyl halides is 1. The molecule has 1 aromatic carbocycles. The monoisotopic (exact) mass is 485 g/mol. The van der Waals surface area contributed by atoms with E-state index in [1.165, 1.54) is 20.6 Å². The maximum absolute atomic E-state index is 13.0. The smallest absolute Gasteiger partial charge is 0.312 e. The molecule has 0 aromatic heterocycles. The summed E-state index contributed by atoms with van der Waals surface area (Å²) in [6.45, 7) is -0.334. The Labute approximate surface area is 183 Å². The molecule has 0 heterocycles. The molecule has 0 radical (unpaired) electrons. The molecule has 1 N–H and O–H groups in total. The molecule has 5 rings (SSSR count). The highest BCUT2D eigenvalue weighted by atomic mass is 79.9. The van der Waals surface area contributed by atoms with Gasteiger partial charge >= 0.3 is 5.97 Å². The zero-order chi connectivity index (χ0) is 20.8. The third kappa shape index (κ3) is 3.96. The van der Waals surface area contributed by atoms with Gasteiger partial charge in [-0.15, -0.1) is 0 Å². The van der Waals surface area contributed by atoms with Gasteiger partial charge in [-0.05, 0) is 50.4 Å². The summed E-state index contributed by atoms with van der Waals surface area (Å²) in [6, 6.07) is 3.14. The number of rotatable bonds is 6. The number of anilines is 1. The van der Waals surface area contributed by atoms with Crippen molar-refractivity contribution in [2.24, 2.45) is 17.3 Å². The number of nitrogens with one attached hydrogen (secondary N) is 1. The number of hydrogen-bond acceptors (Lipinski definition) is 5. The first kappa shape index (κ1) is 20.8. The van der Waals surface area contributed by atoms with Crippen LogP contribution in [0, 0.1) is 17.3 Å². The first-order valence-electron chi connectivity index (χ1n) is 9.83. The molecule has 0 saturated heterocycles. The lowest BCUT2D eigenvalue weighted by Crippen LogP contribution is -2.56. The highest BCUT2D eigenvalue weighted by molar-refractivity contribution is 9.10. The zero-order valence-corrected chi connectivity index (χ0v) is 18.9. The first-order chi connectivity index (χ1) is 13.8. The van der Waals surface area contributed by atoms with E-state index < -0.39 is 11.3 Å². The van der Waals surface area contributed by atoms with Crippen LogP contribution in [-0.2, 0) is 14.3 Å². The Hall–Kier alpha value is -1.47. The highest BCUT2D eigenvalue weighted by Crippen LogP contribution is 2.64. The van der Waals surface area contributed by atoms with Crippen molar-refractivity contribution in [1.29, 1.82) is 0 Å². The summed E-state index contributed by atoms with van der Waals surface area (Å²) in [5, 5.41) is 3.09. The average Bonchev–Trinajstić information content (AvgIpc) is 2.65. The Morgan fingerprint density at radius 3 is 2.38 bits per heavy atom. The lowest BCUT2D eigenvalue weighted by molar-refractivity contribution is -0.170. The number of carbonyl (C=O) groups is 2. The molecule has 0 aliphatic heterocycles. The van der Waals surface area contributed by atoms with Gasteiger partial charge < -0.3 is 19.5 Å². The molecule has 4 bridgehead atoms. The van der Waals surface area contributed by atoms with Gasteiger partial charge in [-0.2, -0.15) is 0 Å². The Bertz CT molecular complexity index is 831. The maximum Gasteiger partial charge on any atom is 0.312 e. The van der Waals surface area contributed by atoms with Crippen LogP contribution in [0.3, 0.4) is 0 Å². The summed E-state index contributed by atoms with van der Waals surface area (Å²) in [4.78, 5) is 25.4. The number of benzene rings is 1. The third-order valence-electron chi connectivity index (χ3n) is 6.51. The molecule has 8 heteroatoms. The van der Waals surface area contributed by atoms with Crippen LogP contribution in [0.4, 0.5) is 5.69 Å². The summed E-state index contributed by atoms with van der Waals surface area (Å²) in [7, 11) is 2.97. The molecule has 29 heavy (non-hydrogen) atoms. The molecule has 0 spiro atoms. The number of methoxy groups -OCH3 is 2. The fraction of sp³-hybridized carbons (Fsp3) is 0.619. The van der Waals surface area contributed by atoms with Gasteiger partial charge in [-0.3, -0.25) is 9.59 Å². The molecule has 158 valence electrons. The summed E-state index contributed by atoms with van der Waals surface area (Å²) in [6.07, 6.45) is 6.03. The van der Waals surface area contributed by atoms with E-state index in [1.807, 2.05) is 0 Å². The van der Waals surface area contributed by atoms with Crippen LogP contribution in [0.5, 0.6) is 11.5 Å². The van der Waals surface area contributed by atoms with Crippen molar-refractivity contribution >= 4 is 45.1 Å². The van der Waals surface area contributed by atoms with E-state index in [0.717, 1.165) is 32.1 Å². The topological polar surface area (TPSA) is 73.9 Å². The van der Waals surface area contributed by atoms with Crippen molar-refractivity contribution in [2.75, 3.05) is 26.1 Å². The van der Waals surface area contributed by atoms with E-state index in [4.69, 9.17) is 25.8 Å². The number of hydrogen-bond donors (Lipinski definition) is 1. The molecule has 6 nitrogen and oxygen atoms in total. The van der Waals surface area contributed by atoms with Gasteiger partial charge in [0.15, 0.2) is 6.61 Å². The summed E-state index contributed by atoms with van der Waals surface area (Å²) < 4.78 is 16.0. The predicted molar refractivity (Wildman–Crippen MR) is 113 cm³/mol. The summed E-state index contributed by atoms with van der Waals surface area (Å²) in [5.41, 5.74) is -0.0429. The normalized spacial score (nSPS) is 32.0. The van der Waals surface area contributed by atoms with Crippen molar-refractivity contribution < 1.29 is 23.8 Å². The van der Waals surface area contributed by atoms with Gasteiger partial charge in [0.2, 0.25) is 0 Å². The molecule has 2 atom stereocenters. The quantitative estimate of drug-likeness (QED) is 0.471. The highest BCUT2D eigenvalue weighted by Gasteiger charge is 2.60. The Balaban J connectivity index is 1.40. The second-order valence-electron chi connectivity index (χ2n) is 8.70. The SMILES string of the molecule is COc1cc(NC(=O)COC(=O)C23CC4CC(CC(Br)(C4)C2)C3)c(OC)cc1Cl. The Morgan fingerprint density at radius 1 is 1.14 bits per heavy atom. The molecule has 1 amide bonds. The molecular formula is C21H25BrClNO5. The van der Waals surface area contributed by atoms with E-state index in [-0.39, 0.29) is 16.9 Å². The second-order valence-corrected chi connectivity index (χ2v) is 10.8. The number of halogens is 2. The number of ether oxygens (including phenoxy) is 3. The van der Waals surface area contributed by atoms with E-state index >= 15 is 0 Å².